The number of pyridine rings is 1. The maximum absolute atomic E-state index is 11.5. The van der Waals surface area contributed by atoms with Gasteiger partial charge in [0.15, 0.2) is 0 Å². The van der Waals surface area contributed by atoms with Crippen LogP contribution in [0.3, 0.4) is 0 Å². The predicted molar refractivity (Wildman–Crippen MR) is 73.0 cm³/mol. The minimum atomic E-state index is -0.0168. The first kappa shape index (κ1) is 11.2. The van der Waals surface area contributed by atoms with E-state index in [9.17, 15) is 4.79 Å². The number of carbonyl (C=O) groups excluding carboxylic acids is 1. The lowest BCUT2D eigenvalue weighted by Gasteiger charge is -2.07. The quantitative estimate of drug-likeness (QED) is 0.849. The molecule has 2 aromatic rings. The lowest BCUT2D eigenvalue weighted by Crippen LogP contribution is -2.12. The van der Waals surface area contributed by atoms with Crippen molar-refractivity contribution in [2.75, 3.05) is 5.73 Å². The average Bonchev–Trinajstić information content (AvgIpc) is 2.74. The van der Waals surface area contributed by atoms with E-state index in [-0.39, 0.29) is 5.91 Å². The summed E-state index contributed by atoms with van der Waals surface area (Å²) in [5, 5.41) is 2.79. The predicted octanol–water partition coefficient (Wildman–Crippen LogP) is 2.34. The second kappa shape index (κ2) is 4.10. The SMILES string of the molecule is Nc1ncc(Br)cc1-c1ccc2c(c1)CNC2=O. The third-order valence-corrected chi connectivity index (χ3v) is 3.42. The fourth-order valence-corrected chi connectivity index (χ4v) is 2.41. The number of fused-ring (bicyclic) bond motifs is 1. The first-order valence-electron chi connectivity index (χ1n) is 5.47. The smallest absolute Gasteiger partial charge is 0.251 e. The Balaban J connectivity index is 2.13. The molecule has 1 aromatic heterocycles. The number of nitrogens with one attached hydrogen (secondary N) is 1. The molecule has 4 nitrogen and oxygen atoms in total. The topological polar surface area (TPSA) is 68.0 Å². The monoisotopic (exact) mass is 303 g/mol. The standard InChI is InChI=1S/C13H10BrN3O/c14-9-4-11(12(15)16-6-9)7-1-2-10-8(3-7)5-17-13(10)18/h1-4,6H,5H2,(H2,15,16)(H,17,18). The van der Waals surface area contributed by atoms with Crippen LogP contribution in [0.15, 0.2) is 34.9 Å². The summed E-state index contributed by atoms with van der Waals surface area (Å²) in [7, 11) is 0. The molecular weight excluding hydrogens is 294 g/mol. The number of anilines is 1. The first-order chi connectivity index (χ1) is 8.65. The first-order valence-corrected chi connectivity index (χ1v) is 6.27. The second-order valence-corrected chi connectivity index (χ2v) is 5.06. The van der Waals surface area contributed by atoms with Crippen LogP contribution in [-0.2, 0) is 6.54 Å². The van der Waals surface area contributed by atoms with Crippen LogP contribution in [0.5, 0.6) is 0 Å². The molecule has 0 spiro atoms. The molecule has 5 heteroatoms. The summed E-state index contributed by atoms with van der Waals surface area (Å²) < 4.78 is 0.876. The molecule has 0 fully saturated rings. The number of halogens is 1. The molecule has 18 heavy (non-hydrogen) atoms. The van der Waals surface area contributed by atoms with Crippen LogP contribution in [-0.4, -0.2) is 10.9 Å². The fourth-order valence-electron chi connectivity index (χ4n) is 2.08. The largest absolute Gasteiger partial charge is 0.383 e. The Morgan fingerprint density at radius 1 is 1.28 bits per heavy atom. The Morgan fingerprint density at radius 2 is 2.11 bits per heavy atom. The fraction of sp³-hybridized carbons (Fsp3) is 0.0769. The van der Waals surface area contributed by atoms with E-state index in [0.29, 0.717) is 12.4 Å². The molecule has 3 rings (SSSR count). The molecule has 3 N–H and O–H groups in total. The van der Waals surface area contributed by atoms with Crippen molar-refractivity contribution in [3.63, 3.8) is 0 Å². The van der Waals surface area contributed by atoms with Crippen LogP contribution < -0.4 is 11.1 Å². The minimum absolute atomic E-state index is 0.0168. The van der Waals surface area contributed by atoms with Gasteiger partial charge in [0.1, 0.15) is 5.82 Å². The van der Waals surface area contributed by atoms with Gasteiger partial charge in [0, 0.05) is 28.3 Å². The van der Waals surface area contributed by atoms with E-state index in [1.165, 1.54) is 0 Å². The highest BCUT2D eigenvalue weighted by molar-refractivity contribution is 9.10. The van der Waals surface area contributed by atoms with Crippen LogP contribution in [0.4, 0.5) is 5.82 Å². The van der Waals surface area contributed by atoms with Gasteiger partial charge in [0.25, 0.3) is 5.91 Å². The third kappa shape index (κ3) is 1.76. The molecule has 1 aliphatic heterocycles. The Hall–Kier alpha value is -1.88. The van der Waals surface area contributed by atoms with Crippen molar-refractivity contribution < 1.29 is 4.79 Å². The summed E-state index contributed by atoms with van der Waals surface area (Å²) in [5.41, 5.74) is 9.45. The molecule has 0 aliphatic carbocycles. The summed E-state index contributed by atoms with van der Waals surface area (Å²) in [6.07, 6.45) is 1.66. The molecule has 90 valence electrons. The molecule has 0 saturated heterocycles. The number of rotatable bonds is 1. The van der Waals surface area contributed by atoms with Gasteiger partial charge in [-0.3, -0.25) is 4.79 Å². The van der Waals surface area contributed by atoms with Crippen molar-refractivity contribution >= 4 is 27.7 Å². The molecule has 1 aromatic carbocycles. The summed E-state index contributed by atoms with van der Waals surface area (Å²) in [6, 6.07) is 7.62. The molecule has 0 atom stereocenters. The molecule has 0 unspecified atom stereocenters. The number of carbonyl (C=O) groups is 1. The van der Waals surface area contributed by atoms with E-state index in [1.807, 2.05) is 24.3 Å². The Bertz CT molecular complexity index is 655. The lowest BCUT2D eigenvalue weighted by atomic mass is 10.0. The minimum Gasteiger partial charge on any atom is -0.383 e. The third-order valence-electron chi connectivity index (χ3n) is 2.99. The number of nitrogen functional groups attached to an aromatic ring is 1. The number of nitrogens with two attached hydrogens (primary N) is 1. The van der Waals surface area contributed by atoms with Crippen LogP contribution in [0.2, 0.25) is 0 Å². The van der Waals surface area contributed by atoms with Crippen molar-refractivity contribution in [1.29, 1.82) is 0 Å². The van der Waals surface area contributed by atoms with E-state index in [2.05, 4.69) is 26.2 Å². The van der Waals surface area contributed by atoms with Gasteiger partial charge >= 0.3 is 0 Å². The van der Waals surface area contributed by atoms with Gasteiger partial charge in [-0.05, 0) is 45.3 Å². The Labute approximate surface area is 112 Å². The molecular formula is C13H10BrN3O. The highest BCUT2D eigenvalue weighted by Crippen LogP contribution is 2.29. The van der Waals surface area contributed by atoms with Crippen molar-refractivity contribution in [2.45, 2.75) is 6.54 Å². The van der Waals surface area contributed by atoms with Crippen molar-refractivity contribution in [1.82, 2.24) is 10.3 Å². The Morgan fingerprint density at radius 3 is 2.94 bits per heavy atom. The normalized spacial score (nSPS) is 13.3. The van der Waals surface area contributed by atoms with E-state index >= 15 is 0 Å². The van der Waals surface area contributed by atoms with E-state index < -0.39 is 0 Å². The number of amides is 1. The van der Waals surface area contributed by atoms with Crippen LogP contribution in [0.1, 0.15) is 15.9 Å². The zero-order valence-electron chi connectivity index (χ0n) is 9.40. The maximum Gasteiger partial charge on any atom is 0.251 e. The van der Waals surface area contributed by atoms with E-state index in [1.54, 1.807) is 6.20 Å². The summed E-state index contributed by atoms with van der Waals surface area (Å²) in [5.74, 6) is 0.465. The number of aromatic nitrogens is 1. The number of nitrogens with zero attached hydrogens (tertiary/aromatic N) is 1. The maximum atomic E-state index is 11.5. The van der Waals surface area contributed by atoms with Crippen molar-refractivity contribution in [3.8, 4) is 11.1 Å². The summed E-state index contributed by atoms with van der Waals surface area (Å²) in [4.78, 5) is 15.6. The highest BCUT2D eigenvalue weighted by Gasteiger charge is 2.19. The zero-order valence-corrected chi connectivity index (χ0v) is 11.0. The highest BCUT2D eigenvalue weighted by atomic mass is 79.9. The number of hydrogen-bond acceptors (Lipinski definition) is 3. The van der Waals surface area contributed by atoms with Crippen molar-refractivity contribution in [3.05, 3.63) is 46.1 Å². The molecule has 1 aliphatic rings. The van der Waals surface area contributed by atoms with E-state index in [4.69, 9.17) is 5.73 Å². The number of benzene rings is 1. The molecule has 0 bridgehead atoms. The van der Waals surface area contributed by atoms with Gasteiger partial charge in [0.2, 0.25) is 0 Å². The van der Waals surface area contributed by atoms with Gasteiger partial charge in [-0.15, -0.1) is 0 Å². The summed E-state index contributed by atoms with van der Waals surface area (Å²) >= 11 is 3.38. The number of hydrogen-bond donors (Lipinski definition) is 2. The van der Waals surface area contributed by atoms with Gasteiger partial charge < -0.3 is 11.1 Å². The van der Waals surface area contributed by atoms with Crippen LogP contribution in [0, 0.1) is 0 Å². The van der Waals surface area contributed by atoms with Crippen LogP contribution >= 0.6 is 15.9 Å². The zero-order chi connectivity index (χ0) is 12.7. The molecule has 0 saturated carbocycles. The molecule has 0 radical (unpaired) electrons. The average molecular weight is 304 g/mol. The van der Waals surface area contributed by atoms with Gasteiger partial charge in [-0.2, -0.15) is 0 Å². The van der Waals surface area contributed by atoms with Gasteiger partial charge in [-0.1, -0.05) is 6.07 Å². The van der Waals surface area contributed by atoms with Gasteiger partial charge in [0.05, 0.1) is 0 Å². The molecule has 2 heterocycles. The van der Waals surface area contributed by atoms with Gasteiger partial charge in [-0.25, -0.2) is 4.98 Å². The molecule has 1 amide bonds. The second-order valence-electron chi connectivity index (χ2n) is 4.14. The lowest BCUT2D eigenvalue weighted by molar-refractivity contribution is 0.0966. The van der Waals surface area contributed by atoms with Crippen LogP contribution in [0.25, 0.3) is 11.1 Å². The van der Waals surface area contributed by atoms with Crippen molar-refractivity contribution in [2.24, 2.45) is 0 Å². The Kier molecular flexibility index (Phi) is 2.56. The van der Waals surface area contributed by atoms with E-state index in [0.717, 1.165) is 26.7 Å². The summed E-state index contributed by atoms with van der Waals surface area (Å²) in [6.45, 7) is 0.573.